The Labute approximate surface area is 165 Å². The maximum absolute atomic E-state index is 13.0. The fourth-order valence-corrected chi connectivity index (χ4v) is 3.71. The predicted molar refractivity (Wildman–Crippen MR) is 110 cm³/mol. The molecule has 0 fully saturated rings. The number of rotatable bonds is 6. The summed E-state index contributed by atoms with van der Waals surface area (Å²) >= 11 is 6.40. The molecule has 0 aliphatic heterocycles. The van der Waals surface area contributed by atoms with Crippen molar-refractivity contribution in [2.24, 2.45) is 5.92 Å². The molecule has 0 amide bonds. The number of carbonyl (C=O) groups excluding carboxylic acids is 1. The lowest BCUT2D eigenvalue weighted by molar-refractivity contribution is 0.0940. The molecule has 2 aromatic carbocycles. The standard InChI is InChI=1S/C23H23ClN2O/c1-4-7-20-22(23(27)15(2)3)18-11-10-16(13-25)12-21(18)26(20)14-17-8-5-6-9-19(17)24/h5-6,8-12,15H,4,7,14H2,1-3H3. The summed E-state index contributed by atoms with van der Waals surface area (Å²) in [6, 6.07) is 15.5. The first-order chi connectivity index (χ1) is 13.0. The number of ketones is 1. The van der Waals surface area contributed by atoms with E-state index in [2.05, 4.69) is 17.6 Å². The van der Waals surface area contributed by atoms with Crippen molar-refractivity contribution in [3.8, 4) is 6.07 Å². The minimum absolute atomic E-state index is 0.0874. The average Bonchev–Trinajstić information content (AvgIpc) is 2.95. The molecule has 1 heterocycles. The lowest BCUT2D eigenvalue weighted by Gasteiger charge is -2.13. The number of hydrogen-bond donors (Lipinski definition) is 0. The molecule has 0 atom stereocenters. The van der Waals surface area contributed by atoms with Gasteiger partial charge in [0.1, 0.15) is 0 Å². The first-order valence-electron chi connectivity index (χ1n) is 9.30. The Bertz CT molecular complexity index is 1040. The predicted octanol–water partition coefficient (Wildman–Crippen LogP) is 6.01. The van der Waals surface area contributed by atoms with Crippen LogP contribution in [0.4, 0.5) is 0 Å². The molecule has 27 heavy (non-hydrogen) atoms. The molecule has 1 aromatic heterocycles. The first-order valence-corrected chi connectivity index (χ1v) is 9.68. The molecule has 0 aliphatic carbocycles. The van der Waals surface area contributed by atoms with Crippen LogP contribution in [0.15, 0.2) is 42.5 Å². The average molecular weight is 379 g/mol. The van der Waals surface area contributed by atoms with Crippen molar-refractivity contribution in [2.45, 2.75) is 40.2 Å². The smallest absolute Gasteiger partial charge is 0.167 e. The Morgan fingerprint density at radius 1 is 1.22 bits per heavy atom. The molecule has 0 bridgehead atoms. The van der Waals surface area contributed by atoms with Crippen molar-refractivity contribution in [1.29, 1.82) is 5.26 Å². The largest absolute Gasteiger partial charge is 0.339 e. The number of fused-ring (bicyclic) bond motifs is 1. The van der Waals surface area contributed by atoms with Gasteiger partial charge in [0.15, 0.2) is 5.78 Å². The Morgan fingerprint density at radius 2 is 1.96 bits per heavy atom. The van der Waals surface area contributed by atoms with Gasteiger partial charge in [-0.3, -0.25) is 4.79 Å². The fourth-order valence-electron chi connectivity index (χ4n) is 3.51. The Morgan fingerprint density at radius 3 is 2.59 bits per heavy atom. The number of carbonyl (C=O) groups is 1. The fraction of sp³-hybridized carbons (Fsp3) is 0.304. The highest BCUT2D eigenvalue weighted by atomic mass is 35.5. The summed E-state index contributed by atoms with van der Waals surface area (Å²) in [6.07, 6.45) is 1.73. The lowest BCUT2D eigenvalue weighted by atomic mass is 9.96. The third-order valence-corrected chi connectivity index (χ3v) is 5.21. The van der Waals surface area contributed by atoms with Gasteiger partial charge in [-0.05, 0) is 30.2 Å². The van der Waals surface area contributed by atoms with E-state index in [1.165, 1.54) is 0 Å². The summed E-state index contributed by atoms with van der Waals surface area (Å²) in [5.74, 6) is 0.0571. The second-order valence-electron chi connectivity index (χ2n) is 7.11. The molecule has 0 saturated heterocycles. The van der Waals surface area contributed by atoms with E-state index >= 15 is 0 Å². The molecule has 4 heteroatoms. The Hall–Kier alpha value is -2.57. The van der Waals surface area contributed by atoms with E-state index in [-0.39, 0.29) is 11.7 Å². The number of benzene rings is 2. The minimum atomic E-state index is -0.0874. The minimum Gasteiger partial charge on any atom is -0.339 e. The summed E-state index contributed by atoms with van der Waals surface area (Å²) in [5.41, 5.74) is 4.33. The Kier molecular flexibility index (Phi) is 5.68. The molecule has 0 unspecified atom stereocenters. The van der Waals surface area contributed by atoms with Crippen LogP contribution < -0.4 is 0 Å². The number of Topliss-reactive ketones (excluding diaryl/α,β-unsaturated/α-hetero) is 1. The summed E-state index contributed by atoms with van der Waals surface area (Å²) in [6.45, 7) is 6.55. The van der Waals surface area contributed by atoms with Gasteiger partial charge in [-0.1, -0.05) is 63.1 Å². The van der Waals surface area contributed by atoms with Gasteiger partial charge < -0.3 is 4.57 Å². The first kappa shape index (κ1) is 19.2. The van der Waals surface area contributed by atoms with Gasteiger partial charge in [0.05, 0.1) is 17.1 Å². The van der Waals surface area contributed by atoms with Crippen molar-refractivity contribution in [1.82, 2.24) is 4.57 Å². The summed E-state index contributed by atoms with van der Waals surface area (Å²) in [5, 5.41) is 11.0. The maximum atomic E-state index is 13.0. The quantitative estimate of drug-likeness (QED) is 0.493. The van der Waals surface area contributed by atoms with Crippen molar-refractivity contribution >= 4 is 28.3 Å². The van der Waals surface area contributed by atoms with Crippen molar-refractivity contribution < 1.29 is 4.79 Å². The van der Waals surface area contributed by atoms with Gasteiger partial charge in [0, 0.05) is 34.1 Å². The molecule has 3 aromatic rings. The van der Waals surface area contributed by atoms with Gasteiger partial charge >= 0.3 is 0 Å². The Balaban J connectivity index is 2.32. The highest BCUT2D eigenvalue weighted by molar-refractivity contribution is 6.31. The zero-order valence-electron chi connectivity index (χ0n) is 15.9. The summed E-state index contributed by atoms with van der Waals surface area (Å²) in [4.78, 5) is 13.0. The molecular formula is C23H23ClN2O. The van der Waals surface area contributed by atoms with E-state index in [1.54, 1.807) is 6.07 Å². The van der Waals surface area contributed by atoms with Crippen molar-refractivity contribution in [3.05, 3.63) is 69.9 Å². The normalized spacial score (nSPS) is 11.1. The molecule has 0 spiro atoms. The summed E-state index contributed by atoms with van der Waals surface area (Å²) < 4.78 is 2.16. The van der Waals surface area contributed by atoms with E-state index in [0.29, 0.717) is 17.1 Å². The van der Waals surface area contributed by atoms with Gasteiger partial charge in [0.25, 0.3) is 0 Å². The third kappa shape index (κ3) is 3.63. The van der Waals surface area contributed by atoms with Crippen LogP contribution in [-0.4, -0.2) is 10.4 Å². The van der Waals surface area contributed by atoms with Crippen LogP contribution in [0.5, 0.6) is 0 Å². The van der Waals surface area contributed by atoms with Crippen molar-refractivity contribution in [3.63, 3.8) is 0 Å². The molecular weight excluding hydrogens is 356 g/mol. The molecule has 0 N–H and O–H groups in total. The van der Waals surface area contributed by atoms with E-state index in [1.807, 2.05) is 50.2 Å². The van der Waals surface area contributed by atoms with Gasteiger partial charge in [-0.15, -0.1) is 0 Å². The van der Waals surface area contributed by atoms with Gasteiger partial charge in [-0.2, -0.15) is 5.26 Å². The van der Waals surface area contributed by atoms with Crippen LogP contribution >= 0.6 is 11.6 Å². The molecule has 138 valence electrons. The molecule has 0 saturated carbocycles. The van der Waals surface area contributed by atoms with E-state index in [4.69, 9.17) is 11.6 Å². The van der Waals surface area contributed by atoms with E-state index in [0.717, 1.165) is 40.6 Å². The van der Waals surface area contributed by atoms with E-state index in [9.17, 15) is 10.1 Å². The van der Waals surface area contributed by atoms with Crippen LogP contribution in [0.2, 0.25) is 5.02 Å². The SMILES string of the molecule is CCCc1c(C(=O)C(C)C)c2ccc(C#N)cc2n1Cc1ccccc1Cl. The zero-order valence-corrected chi connectivity index (χ0v) is 16.7. The lowest BCUT2D eigenvalue weighted by Crippen LogP contribution is -2.12. The topological polar surface area (TPSA) is 45.8 Å². The number of halogens is 1. The molecule has 3 nitrogen and oxygen atoms in total. The van der Waals surface area contributed by atoms with E-state index < -0.39 is 0 Å². The van der Waals surface area contributed by atoms with Crippen LogP contribution in [0.3, 0.4) is 0 Å². The number of nitrogens with zero attached hydrogens (tertiary/aromatic N) is 2. The monoisotopic (exact) mass is 378 g/mol. The number of aromatic nitrogens is 1. The van der Waals surface area contributed by atoms with Crippen LogP contribution in [0, 0.1) is 17.2 Å². The third-order valence-electron chi connectivity index (χ3n) is 4.85. The molecule has 0 radical (unpaired) electrons. The van der Waals surface area contributed by atoms with Crippen LogP contribution in [0.25, 0.3) is 10.9 Å². The van der Waals surface area contributed by atoms with Crippen LogP contribution in [-0.2, 0) is 13.0 Å². The second-order valence-corrected chi connectivity index (χ2v) is 7.52. The molecule has 3 rings (SSSR count). The van der Waals surface area contributed by atoms with Crippen LogP contribution in [0.1, 0.15) is 54.4 Å². The molecule has 0 aliphatic rings. The van der Waals surface area contributed by atoms with Crippen molar-refractivity contribution in [2.75, 3.05) is 0 Å². The van der Waals surface area contributed by atoms with Gasteiger partial charge in [0.2, 0.25) is 0 Å². The highest BCUT2D eigenvalue weighted by Crippen LogP contribution is 2.32. The number of nitriles is 1. The zero-order chi connectivity index (χ0) is 19.6. The number of hydrogen-bond acceptors (Lipinski definition) is 2. The van der Waals surface area contributed by atoms with Gasteiger partial charge in [-0.25, -0.2) is 0 Å². The highest BCUT2D eigenvalue weighted by Gasteiger charge is 2.24. The second kappa shape index (κ2) is 7.98. The maximum Gasteiger partial charge on any atom is 0.167 e. The summed E-state index contributed by atoms with van der Waals surface area (Å²) in [7, 11) is 0.